The van der Waals surface area contributed by atoms with Gasteiger partial charge in [0.1, 0.15) is 17.5 Å². The maximum absolute atomic E-state index is 12.9. The standard InChI is InChI=1S/C19H25N5O2/c1-12-2-5-19(26,6-3-12)18(25)24-10-13-8-14(11-24)17(13)23-15-4-7-21-16(9-20)22-15/h4,7,12-14,17,26H,2-3,5-6,8,10-11H2,1H3,(H,21,22,23). The summed E-state index contributed by atoms with van der Waals surface area (Å²) in [6.45, 7) is 3.55. The third-order valence-corrected chi connectivity index (χ3v) is 6.39. The van der Waals surface area contributed by atoms with Gasteiger partial charge in [-0.3, -0.25) is 4.79 Å². The lowest BCUT2D eigenvalue weighted by atomic mass is 9.65. The quantitative estimate of drug-likeness (QED) is 0.853. The highest BCUT2D eigenvalue weighted by atomic mass is 16.3. The zero-order chi connectivity index (χ0) is 18.3. The van der Waals surface area contributed by atoms with E-state index in [1.165, 1.54) is 0 Å². The molecule has 2 saturated heterocycles. The molecule has 7 nitrogen and oxygen atoms in total. The van der Waals surface area contributed by atoms with Crippen LogP contribution < -0.4 is 5.32 Å². The van der Waals surface area contributed by atoms with Gasteiger partial charge in [-0.25, -0.2) is 9.97 Å². The lowest BCUT2D eigenvalue weighted by Gasteiger charge is -2.55. The molecular formula is C19H25N5O2. The van der Waals surface area contributed by atoms with Crippen LogP contribution in [0.1, 0.15) is 44.9 Å². The second kappa shape index (κ2) is 6.51. The van der Waals surface area contributed by atoms with Crippen molar-refractivity contribution in [1.29, 1.82) is 5.26 Å². The van der Waals surface area contributed by atoms with E-state index in [0.717, 1.165) is 19.3 Å². The van der Waals surface area contributed by atoms with Crippen molar-refractivity contribution in [3.8, 4) is 6.07 Å². The Labute approximate surface area is 153 Å². The molecule has 2 unspecified atom stereocenters. The Hall–Kier alpha value is -2.20. The van der Waals surface area contributed by atoms with Gasteiger partial charge in [-0.1, -0.05) is 6.92 Å². The molecule has 5 rings (SSSR count). The summed E-state index contributed by atoms with van der Waals surface area (Å²) in [5.74, 6) is 2.07. The number of fused-ring (bicyclic) bond motifs is 2. The van der Waals surface area contributed by atoms with Crippen molar-refractivity contribution in [2.24, 2.45) is 17.8 Å². The number of piperidine rings is 2. The summed E-state index contributed by atoms with van der Waals surface area (Å²) >= 11 is 0. The van der Waals surface area contributed by atoms with Crippen LogP contribution >= 0.6 is 0 Å². The zero-order valence-corrected chi connectivity index (χ0v) is 15.1. The van der Waals surface area contributed by atoms with E-state index in [1.807, 2.05) is 11.0 Å². The minimum absolute atomic E-state index is 0.0775. The van der Waals surface area contributed by atoms with Crippen LogP contribution in [0.25, 0.3) is 0 Å². The molecule has 0 spiro atoms. The molecule has 0 aromatic carbocycles. The number of anilines is 1. The number of carbonyl (C=O) groups excluding carboxylic acids is 1. The minimum atomic E-state index is -1.16. The Bertz CT molecular complexity index is 726. The molecule has 2 aliphatic heterocycles. The van der Waals surface area contributed by atoms with Gasteiger partial charge in [0, 0.05) is 25.3 Å². The summed E-state index contributed by atoms with van der Waals surface area (Å²) in [4.78, 5) is 22.8. The Balaban J connectivity index is 1.38. The normalized spacial score (nSPS) is 36.0. The predicted molar refractivity (Wildman–Crippen MR) is 94.9 cm³/mol. The van der Waals surface area contributed by atoms with E-state index < -0.39 is 5.60 Å². The van der Waals surface area contributed by atoms with Gasteiger partial charge in [0.15, 0.2) is 0 Å². The number of nitrogens with one attached hydrogen (secondary N) is 1. The van der Waals surface area contributed by atoms with Crippen LogP contribution in [0.5, 0.6) is 0 Å². The number of rotatable bonds is 3. The molecule has 2 bridgehead atoms. The molecule has 2 saturated carbocycles. The Morgan fingerprint density at radius 3 is 2.73 bits per heavy atom. The van der Waals surface area contributed by atoms with Crippen molar-refractivity contribution in [2.75, 3.05) is 18.4 Å². The smallest absolute Gasteiger partial charge is 0.254 e. The molecule has 0 radical (unpaired) electrons. The number of nitrogens with zero attached hydrogens (tertiary/aromatic N) is 4. The van der Waals surface area contributed by atoms with Gasteiger partial charge >= 0.3 is 0 Å². The molecule has 26 heavy (non-hydrogen) atoms. The summed E-state index contributed by atoms with van der Waals surface area (Å²) in [5.41, 5.74) is -1.16. The summed E-state index contributed by atoms with van der Waals surface area (Å²) in [5, 5.41) is 23.1. The van der Waals surface area contributed by atoms with Gasteiger partial charge in [-0.15, -0.1) is 0 Å². The molecule has 7 heteroatoms. The van der Waals surface area contributed by atoms with Gasteiger partial charge < -0.3 is 15.3 Å². The fraction of sp³-hybridized carbons (Fsp3) is 0.684. The topological polar surface area (TPSA) is 102 Å². The van der Waals surface area contributed by atoms with Crippen LogP contribution in [0.4, 0.5) is 5.82 Å². The Morgan fingerprint density at radius 1 is 1.38 bits per heavy atom. The number of hydrogen-bond donors (Lipinski definition) is 2. The third-order valence-electron chi connectivity index (χ3n) is 6.39. The van der Waals surface area contributed by atoms with Crippen molar-refractivity contribution in [2.45, 2.75) is 50.7 Å². The molecule has 1 aromatic heterocycles. The fourth-order valence-electron chi connectivity index (χ4n) is 4.70. The molecule has 2 N–H and O–H groups in total. The Kier molecular flexibility index (Phi) is 4.31. The van der Waals surface area contributed by atoms with E-state index in [4.69, 9.17) is 5.26 Å². The largest absolute Gasteiger partial charge is 0.380 e. The second-order valence-electron chi connectivity index (χ2n) is 8.23. The molecule has 1 amide bonds. The number of amides is 1. The number of aliphatic hydroxyl groups is 1. The predicted octanol–water partition coefficient (Wildman–Crippen LogP) is 1.55. The molecule has 2 atom stereocenters. The van der Waals surface area contributed by atoms with Crippen LogP contribution in [0.15, 0.2) is 12.3 Å². The minimum Gasteiger partial charge on any atom is -0.380 e. The summed E-state index contributed by atoms with van der Waals surface area (Å²) < 4.78 is 0. The van der Waals surface area contributed by atoms with Gasteiger partial charge in [-0.05, 0) is 55.9 Å². The van der Waals surface area contributed by atoms with Crippen LogP contribution in [0.3, 0.4) is 0 Å². The highest BCUT2D eigenvalue weighted by Gasteiger charge is 2.51. The van der Waals surface area contributed by atoms with Crippen LogP contribution in [0, 0.1) is 29.1 Å². The van der Waals surface area contributed by atoms with E-state index >= 15 is 0 Å². The van der Waals surface area contributed by atoms with Crippen LogP contribution in [-0.4, -0.2) is 50.6 Å². The summed E-state index contributed by atoms with van der Waals surface area (Å²) in [7, 11) is 0. The van der Waals surface area contributed by atoms with Gasteiger partial charge in [0.05, 0.1) is 0 Å². The number of carbonyl (C=O) groups is 1. The highest BCUT2D eigenvalue weighted by molar-refractivity contribution is 5.85. The van der Waals surface area contributed by atoms with E-state index in [1.54, 1.807) is 12.3 Å². The second-order valence-corrected chi connectivity index (χ2v) is 8.23. The highest BCUT2D eigenvalue weighted by Crippen LogP contribution is 2.43. The summed E-state index contributed by atoms with van der Waals surface area (Å²) in [6, 6.07) is 3.98. The Morgan fingerprint density at radius 2 is 2.08 bits per heavy atom. The molecular weight excluding hydrogens is 330 g/mol. The maximum atomic E-state index is 12.9. The lowest BCUT2D eigenvalue weighted by Crippen LogP contribution is -2.65. The first-order valence-electron chi connectivity index (χ1n) is 9.50. The van der Waals surface area contributed by atoms with Crippen LogP contribution in [-0.2, 0) is 4.79 Å². The average molecular weight is 355 g/mol. The molecule has 3 heterocycles. The number of nitriles is 1. The number of hydrogen-bond acceptors (Lipinski definition) is 6. The lowest BCUT2D eigenvalue weighted by molar-refractivity contribution is -0.162. The van der Waals surface area contributed by atoms with Crippen molar-refractivity contribution < 1.29 is 9.90 Å². The van der Waals surface area contributed by atoms with Crippen molar-refractivity contribution in [3.63, 3.8) is 0 Å². The van der Waals surface area contributed by atoms with E-state index in [-0.39, 0.29) is 17.8 Å². The van der Waals surface area contributed by atoms with Gasteiger partial charge in [-0.2, -0.15) is 5.26 Å². The van der Waals surface area contributed by atoms with E-state index in [9.17, 15) is 9.90 Å². The first-order valence-corrected chi connectivity index (χ1v) is 9.50. The van der Waals surface area contributed by atoms with E-state index in [0.29, 0.717) is 49.5 Å². The van der Waals surface area contributed by atoms with Gasteiger partial charge in [0.2, 0.25) is 5.82 Å². The molecule has 4 fully saturated rings. The van der Waals surface area contributed by atoms with Crippen LogP contribution in [0.2, 0.25) is 0 Å². The van der Waals surface area contributed by atoms with Gasteiger partial charge in [0.25, 0.3) is 5.91 Å². The SMILES string of the molecule is CC1CCC(O)(C(=O)N2CC3CC(C2)C3Nc2ccnc(C#N)n2)CC1. The van der Waals surface area contributed by atoms with E-state index in [2.05, 4.69) is 22.2 Å². The van der Waals surface area contributed by atoms with Crippen molar-refractivity contribution in [1.82, 2.24) is 14.9 Å². The average Bonchev–Trinajstić information content (AvgIpc) is 2.68. The third kappa shape index (κ3) is 3.03. The molecule has 4 aliphatic rings. The first kappa shape index (κ1) is 17.2. The van der Waals surface area contributed by atoms with Crippen molar-refractivity contribution >= 4 is 11.7 Å². The monoisotopic (exact) mass is 355 g/mol. The first-order chi connectivity index (χ1) is 12.5. The maximum Gasteiger partial charge on any atom is 0.254 e. The summed E-state index contributed by atoms with van der Waals surface area (Å²) in [6.07, 6.45) is 5.67. The zero-order valence-electron chi connectivity index (χ0n) is 15.1. The number of aromatic nitrogens is 2. The molecule has 138 valence electrons. The molecule has 2 aliphatic carbocycles. The fourth-order valence-corrected chi connectivity index (χ4v) is 4.70. The van der Waals surface area contributed by atoms with Crippen molar-refractivity contribution in [3.05, 3.63) is 18.1 Å². The molecule has 1 aromatic rings.